The van der Waals surface area contributed by atoms with Crippen molar-refractivity contribution in [1.29, 1.82) is 0 Å². The number of imide groups is 1. The van der Waals surface area contributed by atoms with Crippen LogP contribution in [0.3, 0.4) is 0 Å². The lowest BCUT2D eigenvalue weighted by Crippen LogP contribution is -2.35. The standard InChI is InChI=1S/C20H18N2O5/c1-22-9-5-8-16(22)19(24)21-18(23)12-27-20(25)15-10-13-6-3-4-7-14(13)11-17(15)26-2/h3-11H,12H2,1-2H3,(H,21,23,24). The molecule has 0 aliphatic rings. The lowest BCUT2D eigenvalue weighted by atomic mass is 10.1. The van der Waals surface area contributed by atoms with E-state index in [1.807, 2.05) is 24.3 Å². The van der Waals surface area contributed by atoms with Gasteiger partial charge in [-0.1, -0.05) is 24.3 Å². The summed E-state index contributed by atoms with van der Waals surface area (Å²) in [5.74, 6) is -1.64. The number of nitrogens with zero attached hydrogens (tertiary/aromatic N) is 1. The number of methoxy groups -OCH3 is 1. The molecule has 0 aliphatic carbocycles. The zero-order chi connectivity index (χ0) is 19.4. The third kappa shape index (κ3) is 3.98. The van der Waals surface area contributed by atoms with Crippen molar-refractivity contribution in [2.75, 3.05) is 13.7 Å². The molecule has 138 valence electrons. The van der Waals surface area contributed by atoms with Crippen molar-refractivity contribution in [1.82, 2.24) is 9.88 Å². The van der Waals surface area contributed by atoms with Gasteiger partial charge in [0.2, 0.25) is 0 Å². The minimum Gasteiger partial charge on any atom is -0.496 e. The number of aromatic nitrogens is 1. The Morgan fingerprint density at radius 2 is 1.74 bits per heavy atom. The Morgan fingerprint density at radius 3 is 2.37 bits per heavy atom. The van der Waals surface area contributed by atoms with E-state index < -0.39 is 24.4 Å². The summed E-state index contributed by atoms with van der Waals surface area (Å²) in [4.78, 5) is 36.3. The van der Waals surface area contributed by atoms with Crippen LogP contribution in [0, 0.1) is 0 Å². The molecule has 0 bridgehead atoms. The number of ether oxygens (including phenoxy) is 2. The summed E-state index contributed by atoms with van der Waals surface area (Å²) >= 11 is 0. The molecule has 27 heavy (non-hydrogen) atoms. The third-order valence-electron chi connectivity index (χ3n) is 4.05. The van der Waals surface area contributed by atoms with Crippen molar-refractivity contribution >= 4 is 28.6 Å². The highest BCUT2D eigenvalue weighted by atomic mass is 16.5. The topological polar surface area (TPSA) is 86.6 Å². The zero-order valence-electron chi connectivity index (χ0n) is 14.9. The van der Waals surface area contributed by atoms with E-state index >= 15 is 0 Å². The first kappa shape index (κ1) is 18.2. The summed E-state index contributed by atoms with van der Waals surface area (Å²) in [6.07, 6.45) is 1.69. The van der Waals surface area contributed by atoms with Gasteiger partial charge in [-0.15, -0.1) is 0 Å². The highest BCUT2D eigenvalue weighted by Gasteiger charge is 2.18. The molecule has 0 saturated carbocycles. The highest BCUT2D eigenvalue weighted by molar-refractivity contribution is 6.05. The zero-order valence-corrected chi connectivity index (χ0v) is 14.9. The van der Waals surface area contributed by atoms with Gasteiger partial charge in [-0.2, -0.15) is 0 Å². The molecule has 2 aromatic carbocycles. The van der Waals surface area contributed by atoms with Crippen LogP contribution >= 0.6 is 0 Å². The number of carbonyl (C=O) groups is 3. The third-order valence-corrected chi connectivity index (χ3v) is 4.05. The Balaban J connectivity index is 1.67. The molecule has 0 atom stereocenters. The van der Waals surface area contributed by atoms with E-state index in [-0.39, 0.29) is 5.56 Å². The molecule has 1 aromatic heterocycles. The van der Waals surface area contributed by atoms with E-state index in [1.165, 1.54) is 7.11 Å². The summed E-state index contributed by atoms with van der Waals surface area (Å²) in [5, 5.41) is 3.94. The fraction of sp³-hybridized carbons (Fsp3) is 0.150. The van der Waals surface area contributed by atoms with Crippen molar-refractivity contribution in [2.45, 2.75) is 0 Å². The number of amides is 2. The number of carbonyl (C=O) groups excluding carboxylic acids is 3. The molecule has 0 radical (unpaired) electrons. The van der Waals surface area contributed by atoms with E-state index in [0.29, 0.717) is 11.4 Å². The number of hydrogen-bond donors (Lipinski definition) is 1. The van der Waals surface area contributed by atoms with E-state index in [4.69, 9.17) is 9.47 Å². The average Bonchev–Trinajstić information content (AvgIpc) is 3.11. The van der Waals surface area contributed by atoms with Gasteiger partial charge in [0.15, 0.2) is 6.61 Å². The molecule has 1 heterocycles. The molecule has 0 fully saturated rings. The van der Waals surface area contributed by atoms with E-state index in [9.17, 15) is 14.4 Å². The first-order valence-corrected chi connectivity index (χ1v) is 8.19. The van der Waals surface area contributed by atoms with Crippen LogP contribution in [0.5, 0.6) is 5.75 Å². The summed E-state index contributed by atoms with van der Waals surface area (Å²) in [6, 6.07) is 14.1. The van der Waals surface area contributed by atoms with E-state index in [0.717, 1.165) is 10.8 Å². The Bertz CT molecular complexity index is 1020. The molecule has 1 N–H and O–H groups in total. The van der Waals surface area contributed by atoms with E-state index in [2.05, 4.69) is 5.32 Å². The number of rotatable bonds is 5. The van der Waals surface area contributed by atoms with E-state index in [1.54, 1.807) is 42.1 Å². The van der Waals surface area contributed by atoms with Gasteiger partial charge < -0.3 is 14.0 Å². The minimum atomic E-state index is -0.714. The quantitative estimate of drug-likeness (QED) is 0.700. The molecule has 2 amide bonds. The van der Waals surface area contributed by atoms with Crippen LogP contribution in [0.25, 0.3) is 10.8 Å². The van der Waals surface area contributed by atoms with Gasteiger partial charge in [0.1, 0.15) is 17.0 Å². The molecule has 7 nitrogen and oxygen atoms in total. The molecule has 0 spiro atoms. The number of benzene rings is 2. The van der Waals surface area contributed by atoms with Gasteiger partial charge in [-0.05, 0) is 35.0 Å². The van der Waals surface area contributed by atoms with Gasteiger partial charge in [-0.3, -0.25) is 14.9 Å². The predicted molar refractivity (Wildman–Crippen MR) is 98.7 cm³/mol. The van der Waals surface area contributed by atoms with Crippen LogP contribution in [0.15, 0.2) is 54.7 Å². The minimum absolute atomic E-state index is 0.206. The van der Waals surface area contributed by atoms with Crippen LogP contribution in [0.2, 0.25) is 0 Å². The summed E-state index contributed by atoms with van der Waals surface area (Å²) in [7, 11) is 3.14. The number of esters is 1. The predicted octanol–water partition coefficient (Wildman–Crippen LogP) is 2.30. The lowest BCUT2D eigenvalue weighted by Gasteiger charge is -2.10. The highest BCUT2D eigenvalue weighted by Crippen LogP contribution is 2.26. The first-order valence-electron chi connectivity index (χ1n) is 8.19. The molecule has 3 aromatic rings. The fourth-order valence-electron chi connectivity index (χ4n) is 2.68. The Morgan fingerprint density at radius 1 is 1.04 bits per heavy atom. The maximum Gasteiger partial charge on any atom is 0.342 e. The number of fused-ring (bicyclic) bond motifs is 1. The Kier molecular flexibility index (Phi) is 5.21. The van der Waals surface area contributed by atoms with Crippen molar-refractivity contribution in [3.8, 4) is 5.75 Å². The van der Waals surface area contributed by atoms with Crippen LogP contribution in [-0.4, -0.2) is 36.1 Å². The first-order chi connectivity index (χ1) is 13.0. The van der Waals surface area contributed by atoms with Crippen LogP contribution in [0.1, 0.15) is 20.8 Å². The van der Waals surface area contributed by atoms with Crippen LogP contribution in [0.4, 0.5) is 0 Å². The second kappa shape index (κ2) is 7.74. The van der Waals surface area contributed by atoms with Gasteiger partial charge >= 0.3 is 5.97 Å². The molecule has 0 aliphatic heterocycles. The SMILES string of the molecule is COc1cc2ccccc2cc1C(=O)OCC(=O)NC(=O)c1cccn1C. The molecule has 0 unspecified atom stereocenters. The van der Waals surface area contributed by atoms with Gasteiger partial charge in [0.05, 0.1) is 7.11 Å². The maximum absolute atomic E-state index is 12.4. The van der Waals surface area contributed by atoms with Gasteiger partial charge in [-0.25, -0.2) is 4.79 Å². The van der Waals surface area contributed by atoms with Crippen molar-refractivity contribution < 1.29 is 23.9 Å². The largest absolute Gasteiger partial charge is 0.496 e. The van der Waals surface area contributed by atoms with Crippen molar-refractivity contribution in [2.24, 2.45) is 7.05 Å². The molecule has 7 heteroatoms. The van der Waals surface area contributed by atoms with Gasteiger partial charge in [0, 0.05) is 13.2 Å². The lowest BCUT2D eigenvalue weighted by molar-refractivity contribution is -0.123. The van der Waals surface area contributed by atoms with Gasteiger partial charge in [0.25, 0.3) is 11.8 Å². The fourth-order valence-corrected chi connectivity index (χ4v) is 2.68. The van der Waals surface area contributed by atoms with Crippen molar-refractivity contribution in [3.63, 3.8) is 0 Å². The van der Waals surface area contributed by atoms with Crippen LogP contribution < -0.4 is 10.1 Å². The summed E-state index contributed by atoms with van der Waals surface area (Å²) in [5.41, 5.74) is 0.531. The van der Waals surface area contributed by atoms with Crippen LogP contribution in [-0.2, 0) is 16.6 Å². The number of nitrogens with one attached hydrogen (secondary N) is 1. The number of hydrogen-bond acceptors (Lipinski definition) is 5. The normalized spacial score (nSPS) is 10.4. The van der Waals surface area contributed by atoms with Crippen molar-refractivity contribution in [3.05, 3.63) is 66.0 Å². The second-order valence-electron chi connectivity index (χ2n) is 5.86. The molecule has 3 rings (SSSR count). The monoisotopic (exact) mass is 366 g/mol. The Labute approximate surface area is 155 Å². The summed E-state index contributed by atoms with van der Waals surface area (Å²) in [6.45, 7) is -0.578. The molecule has 0 saturated heterocycles. The smallest absolute Gasteiger partial charge is 0.342 e. The number of aryl methyl sites for hydroxylation is 1. The molecular formula is C20H18N2O5. The maximum atomic E-state index is 12.4. The summed E-state index contributed by atoms with van der Waals surface area (Å²) < 4.78 is 11.9. The average molecular weight is 366 g/mol. The second-order valence-corrected chi connectivity index (χ2v) is 5.86. The molecular weight excluding hydrogens is 348 g/mol. The Hall–Kier alpha value is -3.61.